The average Bonchev–Trinajstić information content (AvgIpc) is 2.32. The Morgan fingerprint density at radius 3 is 2.60 bits per heavy atom. The summed E-state index contributed by atoms with van der Waals surface area (Å²) in [6.45, 7) is 4.52. The first-order valence-corrected chi connectivity index (χ1v) is 7.67. The first-order chi connectivity index (χ1) is 9.14. The van der Waals surface area contributed by atoms with Crippen molar-refractivity contribution in [1.29, 1.82) is 0 Å². The van der Waals surface area contributed by atoms with Gasteiger partial charge in [-0.1, -0.05) is 0 Å². The summed E-state index contributed by atoms with van der Waals surface area (Å²) >= 11 is 0. The molecular weight excluding hydrogens is 280 g/mol. The van der Waals surface area contributed by atoms with Crippen LogP contribution in [0, 0.1) is 0 Å². The van der Waals surface area contributed by atoms with Crippen LogP contribution < -0.4 is 21.1 Å². The van der Waals surface area contributed by atoms with Crippen molar-refractivity contribution in [3.05, 3.63) is 18.2 Å². The van der Waals surface area contributed by atoms with Crippen molar-refractivity contribution in [3.8, 4) is 0 Å². The van der Waals surface area contributed by atoms with Gasteiger partial charge in [-0.15, -0.1) is 0 Å². The molecule has 1 heterocycles. The number of amides is 1. The number of anilines is 2. The minimum absolute atomic E-state index is 0.0246. The van der Waals surface area contributed by atoms with Gasteiger partial charge in [0.05, 0.1) is 16.3 Å². The molecule has 7 nitrogen and oxygen atoms in total. The highest BCUT2D eigenvalue weighted by molar-refractivity contribution is 7.89. The Balaban J connectivity index is 2.54. The maximum atomic E-state index is 12.0. The van der Waals surface area contributed by atoms with Gasteiger partial charge in [0.1, 0.15) is 5.54 Å². The van der Waals surface area contributed by atoms with Crippen LogP contribution in [0.4, 0.5) is 11.4 Å². The van der Waals surface area contributed by atoms with Gasteiger partial charge < -0.3 is 16.0 Å². The molecule has 5 N–H and O–H groups in total. The van der Waals surface area contributed by atoms with Crippen LogP contribution in [-0.4, -0.2) is 33.0 Å². The van der Waals surface area contributed by atoms with Gasteiger partial charge in [0, 0.05) is 13.1 Å². The smallest absolute Gasteiger partial charge is 0.245 e. The number of carbonyl (C=O) groups excluding carboxylic acids is 1. The molecule has 0 radical (unpaired) electrons. The normalized spacial score (nSPS) is 18.8. The number of nitrogens with one attached hydrogen (secondary N) is 1. The topological polar surface area (TPSA) is 119 Å². The lowest BCUT2D eigenvalue weighted by atomic mass is 9.97. The highest BCUT2D eigenvalue weighted by atomic mass is 32.2. The molecule has 0 atom stereocenters. The van der Waals surface area contributed by atoms with Crippen molar-refractivity contribution in [1.82, 2.24) is 5.32 Å². The van der Waals surface area contributed by atoms with Crippen LogP contribution in [0.15, 0.2) is 23.1 Å². The lowest BCUT2D eigenvalue weighted by Crippen LogP contribution is -2.62. The molecule has 1 saturated heterocycles. The summed E-state index contributed by atoms with van der Waals surface area (Å²) in [4.78, 5) is 13.7. The van der Waals surface area contributed by atoms with Crippen molar-refractivity contribution in [2.45, 2.75) is 24.3 Å². The SMILES string of the molecule is CC1(C)C(=O)NCCN1c1cc(S(N)(=O)=O)ccc1N. The third-order valence-corrected chi connectivity index (χ3v) is 4.38. The predicted molar refractivity (Wildman–Crippen MR) is 76.7 cm³/mol. The Labute approximate surface area is 118 Å². The maximum absolute atomic E-state index is 12.0. The standard InChI is InChI=1S/C12H18N4O3S/c1-12(2)11(17)15-5-6-16(12)10-7-8(20(14,18)19)3-4-9(10)13/h3-4,7H,5-6,13H2,1-2H3,(H,15,17)(H2,14,18,19). The number of nitrogens with two attached hydrogens (primary N) is 2. The third-order valence-electron chi connectivity index (χ3n) is 3.47. The second kappa shape index (κ2) is 4.64. The van der Waals surface area contributed by atoms with Crippen molar-refractivity contribution < 1.29 is 13.2 Å². The number of sulfonamides is 1. The van der Waals surface area contributed by atoms with Crippen LogP contribution >= 0.6 is 0 Å². The fourth-order valence-corrected chi connectivity index (χ4v) is 2.79. The van der Waals surface area contributed by atoms with Gasteiger partial charge in [-0.25, -0.2) is 13.6 Å². The van der Waals surface area contributed by atoms with Crippen LogP contribution in [0.2, 0.25) is 0 Å². The van der Waals surface area contributed by atoms with Crippen molar-refractivity contribution in [2.24, 2.45) is 5.14 Å². The van der Waals surface area contributed by atoms with Gasteiger partial charge in [0.15, 0.2) is 0 Å². The quantitative estimate of drug-likeness (QED) is 0.644. The van der Waals surface area contributed by atoms with Gasteiger partial charge in [-0.05, 0) is 32.0 Å². The van der Waals surface area contributed by atoms with Gasteiger partial charge in [-0.2, -0.15) is 0 Å². The van der Waals surface area contributed by atoms with E-state index in [-0.39, 0.29) is 10.8 Å². The molecule has 0 aliphatic carbocycles. The highest BCUT2D eigenvalue weighted by Crippen LogP contribution is 2.32. The van der Waals surface area contributed by atoms with E-state index in [2.05, 4.69) is 5.32 Å². The number of primary sulfonamides is 1. The molecule has 2 rings (SSSR count). The van der Waals surface area contributed by atoms with E-state index in [1.54, 1.807) is 18.7 Å². The molecule has 0 spiro atoms. The number of hydrogen-bond donors (Lipinski definition) is 3. The molecular formula is C12H18N4O3S. The lowest BCUT2D eigenvalue weighted by molar-refractivity contribution is -0.126. The second-order valence-corrected chi connectivity index (χ2v) is 6.79. The largest absolute Gasteiger partial charge is 0.397 e. The fraction of sp³-hybridized carbons (Fsp3) is 0.417. The molecule has 0 saturated carbocycles. The molecule has 0 unspecified atom stereocenters. The summed E-state index contributed by atoms with van der Waals surface area (Å²) in [5, 5.41) is 7.91. The zero-order valence-corrected chi connectivity index (χ0v) is 12.2. The van der Waals surface area contributed by atoms with E-state index >= 15 is 0 Å². The Hall–Kier alpha value is -1.80. The Morgan fingerprint density at radius 1 is 1.35 bits per heavy atom. The van der Waals surface area contributed by atoms with E-state index < -0.39 is 15.6 Å². The number of hydrogen-bond acceptors (Lipinski definition) is 5. The van der Waals surface area contributed by atoms with Crippen molar-refractivity contribution in [3.63, 3.8) is 0 Å². The van der Waals surface area contributed by atoms with Crippen molar-refractivity contribution in [2.75, 3.05) is 23.7 Å². The van der Waals surface area contributed by atoms with Crippen LogP contribution in [0.1, 0.15) is 13.8 Å². The summed E-state index contributed by atoms with van der Waals surface area (Å²) in [6, 6.07) is 4.24. The third kappa shape index (κ3) is 2.44. The Morgan fingerprint density at radius 2 is 2.00 bits per heavy atom. The van der Waals surface area contributed by atoms with Crippen molar-refractivity contribution >= 4 is 27.3 Å². The molecule has 1 fully saturated rings. The molecule has 1 aliphatic heterocycles. The van der Waals surface area contributed by atoms with E-state index in [9.17, 15) is 13.2 Å². The summed E-state index contributed by atoms with van der Waals surface area (Å²) in [6.07, 6.45) is 0. The molecule has 1 amide bonds. The summed E-state index contributed by atoms with van der Waals surface area (Å²) < 4.78 is 22.9. The number of piperazine rings is 1. The number of rotatable bonds is 2. The highest BCUT2D eigenvalue weighted by Gasteiger charge is 2.38. The minimum Gasteiger partial charge on any atom is -0.397 e. The zero-order valence-electron chi connectivity index (χ0n) is 11.4. The van der Waals surface area contributed by atoms with E-state index in [4.69, 9.17) is 10.9 Å². The fourth-order valence-electron chi connectivity index (χ4n) is 2.26. The molecule has 0 aromatic heterocycles. The van der Waals surface area contributed by atoms with Gasteiger partial charge >= 0.3 is 0 Å². The van der Waals surface area contributed by atoms with Gasteiger partial charge in [0.25, 0.3) is 0 Å². The van der Waals surface area contributed by atoms with Crippen LogP contribution in [0.3, 0.4) is 0 Å². The van der Waals surface area contributed by atoms with E-state index in [0.29, 0.717) is 24.5 Å². The monoisotopic (exact) mass is 298 g/mol. The lowest BCUT2D eigenvalue weighted by Gasteiger charge is -2.43. The van der Waals surface area contributed by atoms with E-state index in [0.717, 1.165) is 0 Å². The minimum atomic E-state index is -3.81. The molecule has 20 heavy (non-hydrogen) atoms. The number of carbonyl (C=O) groups is 1. The Bertz CT molecular complexity index is 655. The molecule has 1 aromatic rings. The molecule has 110 valence electrons. The van der Waals surface area contributed by atoms with Crippen LogP contribution in [0.25, 0.3) is 0 Å². The summed E-state index contributed by atoms with van der Waals surface area (Å²) in [7, 11) is -3.81. The van der Waals surface area contributed by atoms with Gasteiger partial charge in [-0.3, -0.25) is 4.79 Å². The second-order valence-electron chi connectivity index (χ2n) is 5.23. The van der Waals surface area contributed by atoms with E-state index in [1.807, 2.05) is 0 Å². The maximum Gasteiger partial charge on any atom is 0.245 e. The van der Waals surface area contributed by atoms with E-state index in [1.165, 1.54) is 18.2 Å². The first kappa shape index (κ1) is 14.6. The summed E-state index contributed by atoms with van der Waals surface area (Å²) in [5.41, 5.74) is 6.00. The van der Waals surface area contributed by atoms with Crippen LogP contribution in [-0.2, 0) is 14.8 Å². The zero-order chi connectivity index (χ0) is 15.1. The predicted octanol–water partition coefficient (Wildman–Crippen LogP) is -0.369. The number of nitrogens with zero attached hydrogens (tertiary/aromatic N) is 1. The van der Waals surface area contributed by atoms with Gasteiger partial charge in [0.2, 0.25) is 15.9 Å². The molecule has 8 heteroatoms. The molecule has 1 aromatic carbocycles. The molecule has 1 aliphatic rings. The number of benzene rings is 1. The first-order valence-electron chi connectivity index (χ1n) is 6.12. The number of nitrogen functional groups attached to an aromatic ring is 1. The average molecular weight is 298 g/mol. The summed E-state index contributed by atoms with van der Waals surface area (Å²) in [5.74, 6) is -0.135. The molecule has 0 bridgehead atoms. The Kier molecular flexibility index (Phi) is 3.39. The van der Waals surface area contributed by atoms with Crippen LogP contribution in [0.5, 0.6) is 0 Å².